The third-order valence-electron chi connectivity index (χ3n) is 5.34. The van der Waals surface area contributed by atoms with Gasteiger partial charge < -0.3 is 9.64 Å². The number of aryl methyl sites for hydroxylation is 1. The minimum Gasteiger partial charge on any atom is -0.466 e. The summed E-state index contributed by atoms with van der Waals surface area (Å²) in [5.74, 6) is -0.0283. The summed E-state index contributed by atoms with van der Waals surface area (Å²) in [6.45, 7) is 6.21. The molecule has 0 saturated carbocycles. The first-order chi connectivity index (χ1) is 11.0. The Morgan fingerprint density at radius 2 is 2.22 bits per heavy atom. The molecular formula is C17H24N2O3S. The molecule has 0 aromatic carbocycles. The van der Waals surface area contributed by atoms with Gasteiger partial charge in [-0.3, -0.25) is 9.59 Å². The molecule has 3 heterocycles. The number of amides is 1. The summed E-state index contributed by atoms with van der Waals surface area (Å²) in [5.41, 5.74) is 0.328. The van der Waals surface area contributed by atoms with Crippen molar-refractivity contribution in [1.82, 2.24) is 9.88 Å². The van der Waals surface area contributed by atoms with Crippen LogP contribution < -0.4 is 0 Å². The second kappa shape index (κ2) is 6.23. The molecule has 2 fully saturated rings. The van der Waals surface area contributed by atoms with E-state index >= 15 is 0 Å². The van der Waals surface area contributed by atoms with Crippen molar-refractivity contribution in [3.63, 3.8) is 0 Å². The zero-order valence-corrected chi connectivity index (χ0v) is 14.8. The molecule has 3 atom stereocenters. The van der Waals surface area contributed by atoms with E-state index in [9.17, 15) is 9.59 Å². The van der Waals surface area contributed by atoms with E-state index in [1.54, 1.807) is 11.3 Å². The van der Waals surface area contributed by atoms with E-state index in [4.69, 9.17) is 4.74 Å². The van der Waals surface area contributed by atoms with Gasteiger partial charge in [0, 0.05) is 17.5 Å². The van der Waals surface area contributed by atoms with Gasteiger partial charge in [0.05, 0.1) is 29.1 Å². The number of thiazole rings is 1. The van der Waals surface area contributed by atoms with Crippen molar-refractivity contribution in [3.05, 3.63) is 16.1 Å². The molecule has 3 rings (SSSR count). The third kappa shape index (κ3) is 2.67. The molecule has 5 nitrogen and oxygen atoms in total. The Bertz CT molecular complexity index is 615. The van der Waals surface area contributed by atoms with E-state index < -0.39 is 5.41 Å². The fourth-order valence-electron chi connectivity index (χ4n) is 4.31. The molecule has 2 bridgehead atoms. The van der Waals surface area contributed by atoms with Crippen molar-refractivity contribution in [3.8, 4) is 0 Å². The molecule has 1 aromatic heterocycles. The average molecular weight is 336 g/mol. The quantitative estimate of drug-likeness (QED) is 0.776. The number of nitrogens with zero attached hydrogens (tertiary/aromatic N) is 2. The van der Waals surface area contributed by atoms with Crippen LogP contribution in [0.25, 0.3) is 0 Å². The lowest BCUT2D eigenvalue weighted by Crippen LogP contribution is -2.46. The molecular weight excluding hydrogens is 312 g/mol. The Morgan fingerprint density at radius 3 is 2.83 bits per heavy atom. The van der Waals surface area contributed by atoms with Gasteiger partial charge in [0.1, 0.15) is 0 Å². The van der Waals surface area contributed by atoms with Crippen molar-refractivity contribution < 1.29 is 14.3 Å². The van der Waals surface area contributed by atoms with Crippen molar-refractivity contribution in [2.24, 2.45) is 5.41 Å². The van der Waals surface area contributed by atoms with Crippen LogP contribution in [0.2, 0.25) is 0 Å². The van der Waals surface area contributed by atoms with E-state index in [2.05, 4.69) is 4.98 Å². The first kappa shape index (κ1) is 16.4. The highest BCUT2D eigenvalue weighted by Gasteiger charge is 2.60. The molecule has 6 heteroatoms. The summed E-state index contributed by atoms with van der Waals surface area (Å²) >= 11 is 1.57. The van der Waals surface area contributed by atoms with E-state index in [1.807, 2.05) is 31.1 Å². The molecule has 2 aliphatic rings. The predicted molar refractivity (Wildman–Crippen MR) is 88.2 cm³/mol. The first-order valence-electron chi connectivity index (χ1n) is 8.41. The maximum absolute atomic E-state index is 12.8. The number of aromatic nitrogens is 1. The van der Waals surface area contributed by atoms with Gasteiger partial charge in [-0.25, -0.2) is 4.98 Å². The Hall–Kier alpha value is -1.43. The second-order valence-electron chi connectivity index (χ2n) is 6.52. The van der Waals surface area contributed by atoms with E-state index in [0.29, 0.717) is 13.0 Å². The van der Waals surface area contributed by atoms with Crippen molar-refractivity contribution in [2.75, 3.05) is 6.61 Å². The Labute approximate surface area is 141 Å². The fraction of sp³-hybridized carbons (Fsp3) is 0.706. The number of fused-ring (bicyclic) bond motifs is 2. The lowest BCUT2D eigenvalue weighted by atomic mass is 9.72. The van der Waals surface area contributed by atoms with Crippen molar-refractivity contribution >= 4 is 23.2 Å². The Morgan fingerprint density at radius 1 is 1.43 bits per heavy atom. The van der Waals surface area contributed by atoms with E-state index in [-0.39, 0.29) is 24.0 Å². The zero-order valence-electron chi connectivity index (χ0n) is 14.0. The van der Waals surface area contributed by atoms with Crippen LogP contribution in [0.1, 0.15) is 50.2 Å². The molecule has 0 unspecified atom stereocenters. The van der Waals surface area contributed by atoms with Crippen LogP contribution in [0, 0.1) is 12.3 Å². The van der Waals surface area contributed by atoms with Crippen molar-refractivity contribution in [2.45, 2.75) is 65.0 Å². The molecule has 0 spiro atoms. The molecule has 1 aromatic rings. The molecule has 2 saturated heterocycles. The van der Waals surface area contributed by atoms with Gasteiger partial charge in [0.25, 0.3) is 0 Å². The summed E-state index contributed by atoms with van der Waals surface area (Å²) < 4.78 is 5.33. The highest BCUT2D eigenvalue weighted by molar-refractivity contribution is 7.09. The first-order valence-corrected chi connectivity index (χ1v) is 9.29. The summed E-state index contributed by atoms with van der Waals surface area (Å²) in [7, 11) is 0. The van der Waals surface area contributed by atoms with Crippen LogP contribution in [0.3, 0.4) is 0 Å². The summed E-state index contributed by atoms with van der Waals surface area (Å²) in [6.07, 6.45) is 3.70. The summed E-state index contributed by atoms with van der Waals surface area (Å²) in [4.78, 5) is 31.7. The lowest BCUT2D eigenvalue weighted by molar-refractivity contribution is -0.158. The predicted octanol–water partition coefficient (Wildman–Crippen LogP) is 2.72. The fourth-order valence-corrected chi connectivity index (χ4v) is 4.93. The molecule has 23 heavy (non-hydrogen) atoms. The van der Waals surface area contributed by atoms with Gasteiger partial charge >= 0.3 is 5.97 Å². The van der Waals surface area contributed by atoms with Gasteiger partial charge in [0.15, 0.2) is 0 Å². The highest BCUT2D eigenvalue weighted by Crippen LogP contribution is 2.52. The second-order valence-corrected chi connectivity index (χ2v) is 7.58. The summed E-state index contributed by atoms with van der Waals surface area (Å²) in [5, 5.41) is 2.93. The summed E-state index contributed by atoms with van der Waals surface area (Å²) in [6, 6.07) is 0.167. The minimum atomic E-state index is -0.507. The Balaban J connectivity index is 1.79. The maximum atomic E-state index is 12.8. The van der Waals surface area contributed by atoms with Gasteiger partial charge in [-0.2, -0.15) is 0 Å². The van der Waals surface area contributed by atoms with Crippen LogP contribution in [0.4, 0.5) is 0 Å². The molecule has 0 N–H and O–H groups in total. The van der Waals surface area contributed by atoms with Crippen molar-refractivity contribution in [1.29, 1.82) is 0 Å². The molecule has 0 radical (unpaired) electrons. The SMILES string of the molecule is CCOC(=O)[C@@]1(CC)C[C@H]2CC[C@@H]1N2C(=O)Cc1csc(C)n1. The number of hydrogen-bond donors (Lipinski definition) is 0. The minimum absolute atomic E-state index is 0.0104. The van der Waals surface area contributed by atoms with Crippen LogP contribution in [0.15, 0.2) is 5.38 Å². The van der Waals surface area contributed by atoms with E-state index in [1.165, 1.54) is 0 Å². The standard InChI is InChI=1S/C17H24N2O3S/c1-4-17(16(21)22-5-2)9-13-6-7-14(17)19(13)15(20)8-12-10-23-11(3)18-12/h10,13-14H,4-9H2,1-3H3/t13-,14+,17+/m1/s1. The van der Waals surface area contributed by atoms with Crippen LogP contribution >= 0.6 is 11.3 Å². The topological polar surface area (TPSA) is 59.5 Å². The van der Waals surface area contributed by atoms with Gasteiger partial charge in [-0.1, -0.05) is 6.92 Å². The largest absolute Gasteiger partial charge is 0.466 e. The number of rotatable bonds is 5. The normalized spacial score (nSPS) is 29.1. The van der Waals surface area contributed by atoms with Gasteiger partial charge in [-0.05, 0) is 39.5 Å². The van der Waals surface area contributed by atoms with Crippen LogP contribution in [-0.4, -0.2) is 40.5 Å². The van der Waals surface area contributed by atoms with E-state index in [0.717, 1.165) is 36.4 Å². The number of esters is 1. The van der Waals surface area contributed by atoms with Gasteiger partial charge in [0.2, 0.25) is 5.91 Å². The van der Waals surface area contributed by atoms with Crippen LogP contribution in [-0.2, 0) is 20.7 Å². The van der Waals surface area contributed by atoms with Crippen LogP contribution in [0.5, 0.6) is 0 Å². The molecule has 126 valence electrons. The number of ether oxygens (including phenoxy) is 1. The average Bonchev–Trinajstić information content (AvgIpc) is 3.20. The monoisotopic (exact) mass is 336 g/mol. The molecule has 0 aliphatic carbocycles. The molecule has 2 aliphatic heterocycles. The molecule has 1 amide bonds. The number of carbonyl (C=O) groups is 2. The Kier molecular flexibility index (Phi) is 4.45. The lowest BCUT2D eigenvalue weighted by Gasteiger charge is -2.34. The number of carbonyl (C=O) groups excluding carboxylic acids is 2. The van der Waals surface area contributed by atoms with Gasteiger partial charge in [-0.15, -0.1) is 11.3 Å². The zero-order chi connectivity index (χ0) is 16.6. The number of hydrogen-bond acceptors (Lipinski definition) is 5. The third-order valence-corrected chi connectivity index (χ3v) is 6.16. The highest BCUT2D eigenvalue weighted by atomic mass is 32.1. The smallest absolute Gasteiger partial charge is 0.314 e. The maximum Gasteiger partial charge on any atom is 0.314 e.